The normalized spacial score (nSPS) is 11.8. The molecule has 0 amide bonds. The molecular formula is C30H33F3N2O4. The van der Waals surface area contributed by atoms with Gasteiger partial charge in [-0.3, -0.25) is 0 Å². The summed E-state index contributed by atoms with van der Waals surface area (Å²) in [6, 6.07) is 15.8. The number of benzene rings is 3. The summed E-state index contributed by atoms with van der Waals surface area (Å²) in [7, 11) is 1.44. The maximum Gasteiger partial charge on any atom is 0.418 e. The fourth-order valence-corrected chi connectivity index (χ4v) is 4.59. The van der Waals surface area contributed by atoms with E-state index in [-0.39, 0.29) is 42.4 Å². The summed E-state index contributed by atoms with van der Waals surface area (Å²) in [5.41, 5.74) is 1.01. The lowest BCUT2D eigenvalue weighted by Gasteiger charge is -2.18. The first-order valence-corrected chi connectivity index (χ1v) is 12.9. The predicted molar refractivity (Wildman–Crippen MR) is 144 cm³/mol. The van der Waals surface area contributed by atoms with E-state index in [0.717, 1.165) is 11.1 Å². The monoisotopic (exact) mass is 542 g/mol. The number of ether oxygens (including phenoxy) is 3. The molecule has 1 N–H and O–H groups in total. The quantitative estimate of drug-likeness (QED) is 0.217. The number of hydrogen-bond donors (Lipinski definition) is 1. The summed E-state index contributed by atoms with van der Waals surface area (Å²) in [4.78, 5) is 4.58. The summed E-state index contributed by atoms with van der Waals surface area (Å²) in [6.07, 6.45) is -4.00. The number of nitrogens with zero attached hydrogens (tertiary/aromatic N) is 2. The topological polar surface area (TPSA) is 65.7 Å². The first-order valence-electron chi connectivity index (χ1n) is 12.9. The number of aromatic nitrogens is 2. The van der Waals surface area contributed by atoms with E-state index in [2.05, 4.69) is 18.8 Å². The van der Waals surface area contributed by atoms with Crippen LogP contribution in [-0.2, 0) is 19.3 Å². The summed E-state index contributed by atoms with van der Waals surface area (Å²) in [5.74, 6) is 1.65. The molecule has 0 bridgehead atoms. The molecule has 6 nitrogen and oxygen atoms in total. The molecule has 0 saturated heterocycles. The number of aliphatic hydroxyl groups is 1. The van der Waals surface area contributed by atoms with Crippen LogP contribution in [0, 0.1) is 0 Å². The van der Waals surface area contributed by atoms with Gasteiger partial charge >= 0.3 is 6.18 Å². The van der Waals surface area contributed by atoms with Crippen LogP contribution in [0.15, 0.2) is 54.6 Å². The predicted octanol–water partition coefficient (Wildman–Crippen LogP) is 7.21. The van der Waals surface area contributed by atoms with Crippen molar-refractivity contribution in [3.8, 4) is 28.6 Å². The van der Waals surface area contributed by atoms with Crippen LogP contribution >= 0.6 is 0 Å². The van der Waals surface area contributed by atoms with Crippen molar-refractivity contribution in [3.05, 3.63) is 71.3 Å². The molecule has 3 aromatic carbocycles. The third kappa shape index (κ3) is 5.98. The Labute approximate surface area is 226 Å². The van der Waals surface area contributed by atoms with Crippen LogP contribution in [0.3, 0.4) is 0 Å². The van der Waals surface area contributed by atoms with Gasteiger partial charge in [-0.1, -0.05) is 57.2 Å². The third-order valence-electron chi connectivity index (χ3n) is 6.43. The van der Waals surface area contributed by atoms with Crippen molar-refractivity contribution >= 4 is 11.0 Å². The van der Waals surface area contributed by atoms with Gasteiger partial charge in [0, 0.05) is 17.7 Å². The van der Waals surface area contributed by atoms with Gasteiger partial charge in [0.05, 0.1) is 19.3 Å². The van der Waals surface area contributed by atoms with Crippen molar-refractivity contribution in [2.75, 3.05) is 20.3 Å². The fraction of sp³-hybridized carbons (Fsp3) is 0.367. The Kier molecular flexibility index (Phi) is 8.70. The lowest BCUT2D eigenvalue weighted by atomic mass is 10.0. The van der Waals surface area contributed by atoms with Crippen molar-refractivity contribution in [1.29, 1.82) is 0 Å². The molecule has 1 heterocycles. The number of alkyl halides is 3. The van der Waals surface area contributed by atoms with Crippen molar-refractivity contribution < 1.29 is 32.5 Å². The number of aliphatic hydroxyl groups excluding tert-OH is 1. The average molecular weight is 543 g/mol. The SMILES string of the molecule is CCCn1c(-c2ccc(C(C)C)cc2)nc2c(C(F)(F)F)c(COc3ccccc3OCCO)cc(OC)c21. The van der Waals surface area contributed by atoms with Gasteiger partial charge in [-0.05, 0) is 36.1 Å². The van der Waals surface area contributed by atoms with E-state index in [9.17, 15) is 13.2 Å². The molecule has 0 atom stereocenters. The smallest absolute Gasteiger partial charge is 0.418 e. The number of imidazole rings is 1. The highest BCUT2D eigenvalue weighted by atomic mass is 19.4. The first-order chi connectivity index (χ1) is 18.7. The molecule has 0 radical (unpaired) electrons. The van der Waals surface area contributed by atoms with Crippen LogP contribution in [-0.4, -0.2) is 35.0 Å². The van der Waals surface area contributed by atoms with Gasteiger partial charge in [-0.15, -0.1) is 0 Å². The van der Waals surface area contributed by atoms with E-state index in [1.54, 1.807) is 28.8 Å². The average Bonchev–Trinajstić information content (AvgIpc) is 3.28. The van der Waals surface area contributed by atoms with Crippen LogP contribution in [0.1, 0.15) is 49.8 Å². The minimum atomic E-state index is -4.69. The van der Waals surface area contributed by atoms with Crippen LogP contribution in [0.25, 0.3) is 22.4 Å². The van der Waals surface area contributed by atoms with Gasteiger partial charge in [0.2, 0.25) is 0 Å². The number of hydrogen-bond acceptors (Lipinski definition) is 5. The molecule has 0 aliphatic heterocycles. The van der Waals surface area contributed by atoms with E-state index < -0.39 is 11.7 Å². The van der Waals surface area contributed by atoms with E-state index in [1.807, 2.05) is 31.2 Å². The molecule has 0 saturated carbocycles. The molecular weight excluding hydrogens is 509 g/mol. The lowest BCUT2D eigenvalue weighted by Crippen LogP contribution is -2.13. The second kappa shape index (κ2) is 12.0. The molecule has 0 aliphatic carbocycles. The molecule has 0 unspecified atom stereocenters. The fourth-order valence-electron chi connectivity index (χ4n) is 4.59. The molecule has 4 aromatic rings. The van der Waals surface area contributed by atoms with Crippen LogP contribution in [0.4, 0.5) is 13.2 Å². The largest absolute Gasteiger partial charge is 0.494 e. The zero-order chi connectivity index (χ0) is 28.2. The number of methoxy groups -OCH3 is 1. The van der Waals surface area contributed by atoms with Crippen LogP contribution in [0.2, 0.25) is 0 Å². The summed E-state index contributed by atoms with van der Waals surface area (Å²) < 4.78 is 62.7. The Morgan fingerprint density at radius 2 is 1.64 bits per heavy atom. The molecule has 0 aliphatic rings. The lowest BCUT2D eigenvalue weighted by molar-refractivity contribution is -0.137. The number of aryl methyl sites for hydroxylation is 1. The Hall–Kier alpha value is -3.72. The molecule has 0 fully saturated rings. The maximum absolute atomic E-state index is 14.7. The summed E-state index contributed by atoms with van der Waals surface area (Å²) >= 11 is 0. The van der Waals surface area contributed by atoms with Gasteiger partial charge < -0.3 is 23.9 Å². The van der Waals surface area contributed by atoms with Crippen molar-refractivity contribution in [3.63, 3.8) is 0 Å². The highest BCUT2D eigenvalue weighted by Gasteiger charge is 2.39. The van der Waals surface area contributed by atoms with Gasteiger partial charge in [0.1, 0.15) is 35.8 Å². The maximum atomic E-state index is 14.7. The Balaban J connectivity index is 1.87. The van der Waals surface area contributed by atoms with E-state index in [0.29, 0.717) is 36.0 Å². The number of halogens is 3. The van der Waals surface area contributed by atoms with Crippen LogP contribution in [0.5, 0.6) is 17.2 Å². The third-order valence-corrected chi connectivity index (χ3v) is 6.43. The summed E-state index contributed by atoms with van der Waals surface area (Å²) in [5, 5.41) is 9.08. The summed E-state index contributed by atoms with van der Waals surface area (Å²) in [6.45, 7) is 6.04. The first kappa shape index (κ1) is 28.3. The number of rotatable bonds is 11. The molecule has 9 heteroatoms. The van der Waals surface area contributed by atoms with Crippen molar-refractivity contribution in [2.24, 2.45) is 0 Å². The zero-order valence-corrected chi connectivity index (χ0v) is 22.5. The Morgan fingerprint density at radius 3 is 2.21 bits per heavy atom. The Bertz CT molecular complexity index is 1410. The van der Waals surface area contributed by atoms with E-state index >= 15 is 0 Å². The molecule has 208 valence electrons. The molecule has 0 spiro atoms. The van der Waals surface area contributed by atoms with Crippen molar-refractivity contribution in [2.45, 2.75) is 52.4 Å². The van der Waals surface area contributed by atoms with E-state index in [1.165, 1.54) is 13.2 Å². The van der Waals surface area contributed by atoms with E-state index in [4.69, 9.17) is 19.3 Å². The minimum Gasteiger partial charge on any atom is -0.494 e. The second-order valence-corrected chi connectivity index (χ2v) is 9.48. The number of fused-ring (bicyclic) bond motifs is 1. The van der Waals surface area contributed by atoms with Crippen molar-refractivity contribution in [1.82, 2.24) is 9.55 Å². The van der Waals surface area contributed by atoms with Gasteiger partial charge in [0.25, 0.3) is 0 Å². The van der Waals surface area contributed by atoms with Gasteiger partial charge in [-0.25, -0.2) is 4.98 Å². The zero-order valence-electron chi connectivity index (χ0n) is 22.5. The minimum absolute atomic E-state index is 0.0315. The molecule has 1 aromatic heterocycles. The van der Waals surface area contributed by atoms with Gasteiger partial charge in [-0.2, -0.15) is 13.2 Å². The van der Waals surface area contributed by atoms with Gasteiger partial charge in [0.15, 0.2) is 11.5 Å². The standard InChI is InChI=1S/C30H33F3N2O4/c1-5-14-35-28-25(37-4)17-22(18-39-24-9-7-6-8-23(24)38-16-15-36)26(30(31,32)33)27(28)34-29(35)21-12-10-20(11-13-21)19(2)3/h6-13,17,19,36H,5,14-16,18H2,1-4H3. The van der Waals surface area contributed by atoms with Crippen LogP contribution < -0.4 is 14.2 Å². The Morgan fingerprint density at radius 1 is 0.974 bits per heavy atom. The molecule has 39 heavy (non-hydrogen) atoms. The second-order valence-electron chi connectivity index (χ2n) is 9.48. The highest BCUT2D eigenvalue weighted by Crippen LogP contribution is 2.43. The highest BCUT2D eigenvalue weighted by molar-refractivity contribution is 5.90. The number of para-hydroxylation sites is 2. The molecule has 4 rings (SSSR count).